The average molecular weight is 356 g/mol. The molecule has 0 saturated carbocycles. The molecule has 0 aliphatic rings. The highest BCUT2D eigenvalue weighted by molar-refractivity contribution is 5.76. The van der Waals surface area contributed by atoms with E-state index in [1.165, 1.54) is 6.07 Å². The number of carbonyl (C=O) groups is 1. The first-order valence-electron chi connectivity index (χ1n) is 9.27. The summed E-state index contributed by atoms with van der Waals surface area (Å²) in [6.45, 7) is 8.28. The molecule has 5 nitrogen and oxygen atoms in total. The summed E-state index contributed by atoms with van der Waals surface area (Å²) in [5, 5.41) is 0. The topological polar surface area (TPSA) is 51.5 Å². The summed E-state index contributed by atoms with van der Waals surface area (Å²) < 4.78 is 7.81. The van der Waals surface area contributed by atoms with Gasteiger partial charge < -0.3 is 14.2 Å². The van der Waals surface area contributed by atoms with E-state index in [0.717, 1.165) is 11.3 Å². The summed E-state index contributed by atoms with van der Waals surface area (Å²) in [5.41, 5.74) is 1.73. The Labute approximate surface area is 155 Å². The van der Waals surface area contributed by atoms with E-state index in [2.05, 4.69) is 0 Å². The van der Waals surface area contributed by atoms with Crippen LogP contribution >= 0.6 is 0 Å². The zero-order valence-electron chi connectivity index (χ0n) is 15.9. The zero-order valence-corrected chi connectivity index (χ0v) is 15.9. The summed E-state index contributed by atoms with van der Waals surface area (Å²) in [6.07, 6.45) is 2.83. The van der Waals surface area contributed by atoms with Gasteiger partial charge in [0.2, 0.25) is 11.3 Å². The zero-order chi connectivity index (χ0) is 18.9. The van der Waals surface area contributed by atoms with Gasteiger partial charge in [0.25, 0.3) is 0 Å². The second kappa shape index (κ2) is 9.80. The third-order valence-corrected chi connectivity index (χ3v) is 4.48. The highest BCUT2D eigenvalue weighted by atomic mass is 16.5. The van der Waals surface area contributed by atoms with Crippen LogP contribution in [0, 0.1) is 0 Å². The predicted octanol–water partition coefficient (Wildman–Crippen LogP) is 3.25. The molecule has 0 saturated heterocycles. The molecule has 0 bridgehead atoms. The fourth-order valence-electron chi connectivity index (χ4n) is 3.00. The Kier molecular flexibility index (Phi) is 7.45. The van der Waals surface area contributed by atoms with E-state index < -0.39 is 0 Å². The highest BCUT2D eigenvalue weighted by Crippen LogP contribution is 2.17. The third-order valence-electron chi connectivity index (χ3n) is 4.48. The fourth-order valence-corrected chi connectivity index (χ4v) is 3.00. The number of benzene rings is 1. The molecule has 5 heteroatoms. The smallest absolute Gasteiger partial charge is 0.224 e. The maximum Gasteiger partial charge on any atom is 0.224 e. The summed E-state index contributed by atoms with van der Waals surface area (Å²) in [5.74, 6) is 0.511. The van der Waals surface area contributed by atoms with Gasteiger partial charge in [-0.15, -0.1) is 0 Å². The largest absolute Gasteiger partial charge is 0.483 e. The first-order valence-corrected chi connectivity index (χ1v) is 9.27. The molecule has 0 atom stereocenters. The SMILES string of the molecule is CCc1c(OCc2ccccc2)c(=O)ccn1CCC(=O)N(CC)CC. The Hall–Kier alpha value is -2.56. The molecule has 0 N–H and O–H groups in total. The number of aromatic nitrogens is 1. The van der Waals surface area contributed by atoms with Gasteiger partial charge in [0.15, 0.2) is 5.75 Å². The molecule has 26 heavy (non-hydrogen) atoms. The highest BCUT2D eigenvalue weighted by Gasteiger charge is 2.14. The van der Waals surface area contributed by atoms with Crippen molar-refractivity contribution in [3.8, 4) is 5.75 Å². The van der Waals surface area contributed by atoms with E-state index in [-0.39, 0.29) is 11.3 Å². The first kappa shape index (κ1) is 19.8. The van der Waals surface area contributed by atoms with Crippen molar-refractivity contribution in [2.24, 2.45) is 0 Å². The molecule has 0 spiro atoms. The van der Waals surface area contributed by atoms with Crippen LogP contribution in [0.15, 0.2) is 47.4 Å². The van der Waals surface area contributed by atoms with Gasteiger partial charge in [0.1, 0.15) is 6.61 Å². The molecule has 0 radical (unpaired) electrons. The molecule has 2 rings (SSSR count). The van der Waals surface area contributed by atoms with Crippen LogP contribution in [0.2, 0.25) is 0 Å². The van der Waals surface area contributed by atoms with Crippen LogP contribution in [0.5, 0.6) is 5.75 Å². The number of carbonyl (C=O) groups excluding carboxylic acids is 1. The number of ether oxygens (including phenoxy) is 1. The maximum atomic E-state index is 12.3. The first-order chi connectivity index (χ1) is 12.6. The van der Waals surface area contributed by atoms with Gasteiger partial charge in [-0.3, -0.25) is 9.59 Å². The Balaban J connectivity index is 2.15. The monoisotopic (exact) mass is 356 g/mol. The Morgan fingerprint density at radius 2 is 1.77 bits per heavy atom. The molecule has 0 aliphatic heterocycles. The van der Waals surface area contributed by atoms with Crippen LogP contribution in [-0.2, 0) is 24.4 Å². The van der Waals surface area contributed by atoms with Crippen LogP contribution in [-0.4, -0.2) is 28.5 Å². The maximum absolute atomic E-state index is 12.3. The van der Waals surface area contributed by atoms with E-state index in [9.17, 15) is 9.59 Å². The van der Waals surface area contributed by atoms with Gasteiger partial charge >= 0.3 is 0 Å². The summed E-state index contributed by atoms with van der Waals surface area (Å²) in [4.78, 5) is 26.4. The van der Waals surface area contributed by atoms with Crippen molar-refractivity contribution in [3.05, 3.63) is 64.1 Å². The number of rotatable bonds is 9. The van der Waals surface area contributed by atoms with Gasteiger partial charge in [-0.25, -0.2) is 0 Å². The van der Waals surface area contributed by atoms with Crippen molar-refractivity contribution in [1.82, 2.24) is 9.47 Å². The molecular formula is C21H28N2O3. The standard InChI is InChI=1S/C21H28N2O3/c1-4-18-21(26-16-17-10-8-7-9-11-17)19(24)12-14-23(18)15-13-20(25)22(5-2)6-3/h7-12,14H,4-6,13,15-16H2,1-3H3. The molecule has 0 aliphatic carbocycles. The lowest BCUT2D eigenvalue weighted by atomic mass is 10.2. The van der Waals surface area contributed by atoms with E-state index in [4.69, 9.17) is 4.74 Å². The number of hydrogen-bond acceptors (Lipinski definition) is 3. The van der Waals surface area contributed by atoms with Crippen LogP contribution in [0.1, 0.15) is 38.4 Å². The Morgan fingerprint density at radius 3 is 2.38 bits per heavy atom. The second-order valence-electron chi connectivity index (χ2n) is 6.09. The van der Waals surface area contributed by atoms with Crippen molar-refractivity contribution in [1.29, 1.82) is 0 Å². The minimum absolute atomic E-state index is 0.121. The third kappa shape index (κ3) is 4.97. The lowest BCUT2D eigenvalue weighted by Gasteiger charge is -2.20. The van der Waals surface area contributed by atoms with Crippen LogP contribution in [0.3, 0.4) is 0 Å². The average Bonchev–Trinajstić information content (AvgIpc) is 2.67. The molecular weight excluding hydrogens is 328 g/mol. The predicted molar refractivity (Wildman–Crippen MR) is 103 cm³/mol. The minimum atomic E-state index is -0.121. The number of pyridine rings is 1. The summed E-state index contributed by atoms with van der Waals surface area (Å²) in [6, 6.07) is 11.3. The second-order valence-corrected chi connectivity index (χ2v) is 6.09. The molecule has 2 aromatic rings. The van der Waals surface area contributed by atoms with E-state index in [1.807, 2.05) is 60.6 Å². The molecule has 1 heterocycles. The fraction of sp³-hybridized carbons (Fsp3) is 0.429. The number of amides is 1. The van der Waals surface area contributed by atoms with Gasteiger partial charge in [-0.1, -0.05) is 37.3 Å². The van der Waals surface area contributed by atoms with Crippen LogP contribution < -0.4 is 10.2 Å². The van der Waals surface area contributed by atoms with Crippen molar-refractivity contribution >= 4 is 5.91 Å². The molecule has 0 unspecified atom stereocenters. The number of hydrogen-bond donors (Lipinski definition) is 0. The minimum Gasteiger partial charge on any atom is -0.483 e. The van der Waals surface area contributed by atoms with Crippen LogP contribution in [0.4, 0.5) is 0 Å². The lowest BCUT2D eigenvalue weighted by Crippen LogP contribution is -2.31. The van der Waals surface area contributed by atoms with Gasteiger partial charge in [0.05, 0.1) is 5.69 Å². The lowest BCUT2D eigenvalue weighted by molar-refractivity contribution is -0.131. The normalized spacial score (nSPS) is 10.6. The summed E-state index contributed by atoms with van der Waals surface area (Å²) >= 11 is 0. The van der Waals surface area contributed by atoms with Gasteiger partial charge in [0, 0.05) is 38.3 Å². The number of aryl methyl sites for hydroxylation is 1. The molecule has 140 valence electrons. The van der Waals surface area contributed by atoms with E-state index in [0.29, 0.717) is 44.8 Å². The quantitative estimate of drug-likeness (QED) is 0.693. The molecule has 1 aromatic heterocycles. The van der Waals surface area contributed by atoms with Crippen molar-refractivity contribution in [2.75, 3.05) is 13.1 Å². The Bertz CT molecular complexity index is 765. The Morgan fingerprint density at radius 1 is 1.08 bits per heavy atom. The van der Waals surface area contributed by atoms with Crippen molar-refractivity contribution in [2.45, 2.75) is 46.8 Å². The van der Waals surface area contributed by atoms with E-state index in [1.54, 1.807) is 6.20 Å². The van der Waals surface area contributed by atoms with Crippen molar-refractivity contribution in [3.63, 3.8) is 0 Å². The van der Waals surface area contributed by atoms with E-state index >= 15 is 0 Å². The molecule has 1 aromatic carbocycles. The molecule has 1 amide bonds. The summed E-state index contributed by atoms with van der Waals surface area (Å²) in [7, 11) is 0. The van der Waals surface area contributed by atoms with Gasteiger partial charge in [-0.05, 0) is 25.8 Å². The van der Waals surface area contributed by atoms with Crippen LogP contribution in [0.25, 0.3) is 0 Å². The van der Waals surface area contributed by atoms with Crippen molar-refractivity contribution < 1.29 is 9.53 Å². The molecule has 0 fully saturated rings. The number of nitrogens with zero attached hydrogens (tertiary/aromatic N) is 2. The van der Waals surface area contributed by atoms with Gasteiger partial charge in [-0.2, -0.15) is 0 Å².